The predicted molar refractivity (Wildman–Crippen MR) is 107 cm³/mol. The monoisotopic (exact) mass is 393 g/mol. The van der Waals surface area contributed by atoms with Gasteiger partial charge in [-0.1, -0.05) is 76.1 Å². The molecule has 0 aliphatic carbocycles. The molecule has 1 atom stereocenters. The molecule has 1 unspecified atom stereocenters. The first-order valence-corrected chi connectivity index (χ1v) is 9.08. The third kappa shape index (κ3) is 4.80. The number of carbonyl (C=O) groups excluding carboxylic acids is 1. The first-order chi connectivity index (χ1) is 12.1. The highest BCUT2D eigenvalue weighted by molar-refractivity contribution is 9.10. The summed E-state index contributed by atoms with van der Waals surface area (Å²) in [5.74, 6) is 0.126. The lowest BCUT2D eigenvalue weighted by molar-refractivity contribution is 0.0976. The van der Waals surface area contributed by atoms with Crippen LogP contribution in [-0.2, 0) is 0 Å². The number of Topliss-reactive ketones (excluding diaryl/α,β-unsaturated/α-hetero) is 1. The SMILES string of the molecule is Cc1ccc(NC(CC(=O)c2ccc(Br)cc2)c2ccccc2)cc1. The summed E-state index contributed by atoms with van der Waals surface area (Å²) in [5.41, 5.74) is 4.07. The van der Waals surface area contributed by atoms with E-state index in [-0.39, 0.29) is 11.8 Å². The van der Waals surface area contributed by atoms with Gasteiger partial charge in [-0.3, -0.25) is 4.79 Å². The number of benzene rings is 3. The molecule has 3 aromatic carbocycles. The zero-order valence-corrected chi connectivity index (χ0v) is 15.7. The number of carbonyl (C=O) groups is 1. The molecule has 3 heteroatoms. The number of hydrogen-bond acceptors (Lipinski definition) is 2. The quantitative estimate of drug-likeness (QED) is 0.506. The standard InChI is InChI=1S/C22H20BrNO/c1-16-7-13-20(14-8-16)24-21(17-5-3-2-4-6-17)15-22(25)18-9-11-19(23)12-10-18/h2-14,21,24H,15H2,1H3. The fourth-order valence-corrected chi connectivity index (χ4v) is 2.99. The van der Waals surface area contributed by atoms with Crippen LogP contribution in [0, 0.1) is 6.92 Å². The molecule has 0 saturated heterocycles. The molecule has 0 heterocycles. The number of hydrogen-bond donors (Lipinski definition) is 1. The van der Waals surface area contributed by atoms with Gasteiger partial charge >= 0.3 is 0 Å². The molecule has 0 aromatic heterocycles. The highest BCUT2D eigenvalue weighted by atomic mass is 79.9. The lowest BCUT2D eigenvalue weighted by Crippen LogP contribution is -2.15. The van der Waals surface area contributed by atoms with Crippen molar-refractivity contribution in [2.45, 2.75) is 19.4 Å². The molecule has 0 aliphatic rings. The first-order valence-electron chi connectivity index (χ1n) is 8.29. The second-order valence-corrected chi connectivity index (χ2v) is 7.02. The molecule has 0 bridgehead atoms. The van der Waals surface area contributed by atoms with Crippen LogP contribution in [0.4, 0.5) is 5.69 Å². The summed E-state index contributed by atoms with van der Waals surface area (Å²) in [5, 5.41) is 3.50. The van der Waals surface area contributed by atoms with Crippen LogP contribution in [0.2, 0.25) is 0 Å². The van der Waals surface area contributed by atoms with Crippen molar-refractivity contribution in [2.75, 3.05) is 5.32 Å². The first kappa shape index (κ1) is 17.4. The van der Waals surface area contributed by atoms with Crippen LogP contribution in [0.25, 0.3) is 0 Å². The summed E-state index contributed by atoms with van der Waals surface area (Å²) in [6, 6.07) is 25.8. The van der Waals surface area contributed by atoms with E-state index >= 15 is 0 Å². The molecule has 0 fully saturated rings. The topological polar surface area (TPSA) is 29.1 Å². The Bertz CT molecular complexity index is 826. The summed E-state index contributed by atoms with van der Waals surface area (Å²) >= 11 is 3.41. The summed E-state index contributed by atoms with van der Waals surface area (Å²) < 4.78 is 0.974. The summed E-state index contributed by atoms with van der Waals surface area (Å²) in [6.45, 7) is 2.06. The zero-order chi connectivity index (χ0) is 17.6. The van der Waals surface area contributed by atoms with Crippen molar-refractivity contribution >= 4 is 27.4 Å². The molecule has 3 rings (SSSR count). The lowest BCUT2D eigenvalue weighted by Gasteiger charge is -2.20. The molecule has 1 N–H and O–H groups in total. The average Bonchev–Trinajstić information content (AvgIpc) is 2.64. The maximum absolute atomic E-state index is 12.7. The fraction of sp³-hybridized carbons (Fsp3) is 0.136. The van der Waals surface area contributed by atoms with Crippen molar-refractivity contribution in [3.05, 3.63) is 100 Å². The summed E-state index contributed by atoms with van der Waals surface area (Å²) in [7, 11) is 0. The van der Waals surface area contributed by atoms with Gasteiger partial charge in [0.15, 0.2) is 5.78 Å². The van der Waals surface area contributed by atoms with E-state index in [1.807, 2.05) is 42.5 Å². The van der Waals surface area contributed by atoms with E-state index in [1.165, 1.54) is 5.56 Å². The lowest BCUT2D eigenvalue weighted by atomic mass is 9.97. The van der Waals surface area contributed by atoms with Gasteiger partial charge in [0.1, 0.15) is 0 Å². The Morgan fingerprint density at radius 3 is 2.20 bits per heavy atom. The van der Waals surface area contributed by atoms with E-state index < -0.39 is 0 Å². The Kier molecular flexibility index (Phi) is 5.67. The molecular formula is C22H20BrNO. The maximum atomic E-state index is 12.7. The van der Waals surface area contributed by atoms with Crippen molar-refractivity contribution in [3.63, 3.8) is 0 Å². The third-order valence-electron chi connectivity index (χ3n) is 4.15. The van der Waals surface area contributed by atoms with Crippen LogP contribution in [-0.4, -0.2) is 5.78 Å². The minimum Gasteiger partial charge on any atom is -0.378 e. The van der Waals surface area contributed by atoms with Gasteiger partial charge in [-0.2, -0.15) is 0 Å². The number of halogens is 1. The van der Waals surface area contributed by atoms with E-state index in [0.29, 0.717) is 6.42 Å². The minimum absolute atomic E-state index is 0.0694. The largest absolute Gasteiger partial charge is 0.378 e. The van der Waals surface area contributed by atoms with E-state index in [2.05, 4.69) is 64.6 Å². The highest BCUT2D eigenvalue weighted by Gasteiger charge is 2.17. The van der Waals surface area contributed by atoms with Crippen LogP contribution in [0.3, 0.4) is 0 Å². The van der Waals surface area contributed by atoms with E-state index in [0.717, 1.165) is 21.3 Å². The van der Waals surface area contributed by atoms with Crippen LogP contribution in [0.15, 0.2) is 83.3 Å². The zero-order valence-electron chi connectivity index (χ0n) is 14.1. The second-order valence-electron chi connectivity index (χ2n) is 6.11. The molecule has 0 radical (unpaired) electrons. The molecule has 0 saturated carbocycles. The number of nitrogens with one attached hydrogen (secondary N) is 1. The number of ketones is 1. The Balaban J connectivity index is 1.82. The smallest absolute Gasteiger partial charge is 0.165 e. The van der Waals surface area contributed by atoms with Crippen molar-refractivity contribution < 1.29 is 4.79 Å². The molecule has 0 aliphatic heterocycles. The Morgan fingerprint density at radius 1 is 0.920 bits per heavy atom. The number of anilines is 1. The van der Waals surface area contributed by atoms with Gasteiger partial charge in [-0.15, -0.1) is 0 Å². The molecular weight excluding hydrogens is 374 g/mol. The molecule has 2 nitrogen and oxygen atoms in total. The van der Waals surface area contributed by atoms with Gasteiger partial charge in [0.2, 0.25) is 0 Å². The van der Waals surface area contributed by atoms with E-state index in [9.17, 15) is 4.79 Å². The highest BCUT2D eigenvalue weighted by Crippen LogP contribution is 2.25. The Morgan fingerprint density at radius 2 is 1.56 bits per heavy atom. The second kappa shape index (κ2) is 8.13. The molecule has 25 heavy (non-hydrogen) atoms. The van der Waals surface area contributed by atoms with Crippen molar-refractivity contribution in [2.24, 2.45) is 0 Å². The number of rotatable bonds is 6. The van der Waals surface area contributed by atoms with Crippen molar-refractivity contribution in [3.8, 4) is 0 Å². The predicted octanol–water partition coefficient (Wildman–Crippen LogP) is 6.18. The van der Waals surface area contributed by atoms with Gasteiger partial charge in [0.25, 0.3) is 0 Å². The van der Waals surface area contributed by atoms with Gasteiger partial charge < -0.3 is 5.32 Å². The Labute approximate surface area is 157 Å². The maximum Gasteiger partial charge on any atom is 0.165 e. The minimum atomic E-state index is -0.0694. The molecule has 0 spiro atoms. The molecule has 0 amide bonds. The van der Waals surface area contributed by atoms with E-state index in [1.54, 1.807) is 0 Å². The van der Waals surface area contributed by atoms with E-state index in [4.69, 9.17) is 0 Å². The van der Waals surface area contributed by atoms with Gasteiger partial charge in [0, 0.05) is 22.1 Å². The molecule has 126 valence electrons. The van der Waals surface area contributed by atoms with Gasteiger partial charge in [0.05, 0.1) is 6.04 Å². The number of aryl methyl sites for hydroxylation is 1. The Hall–Kier alpha value is -2.39. The molecule has 3 aromatic rings. The van der Waals surface area contributed by atoms with Gasteiger partial charge in [-0.05, 0) is 36.8 Å². The third-order valence-corrected chi connectivity index (χ3v) is 4.68. The van der Waals surface area contributed by atoms with Crippen LogP contribution in [0.1, 0.15) is 33.9 Å². The fourth-order valence-electron chi connectivity index (χ4n) is 2.73. The average molecular weight is 394 g/mol. The summed E-state index contributed by atoms with van der Waals surface area (Å²) in [6.07, 6.45) is 0.402. The van der Waals surface area contributed by atoms with Crippen LogP contribution >= 0.6 is 15.9 Å². The van der Waals surface area contributed by atoms with Crippen molar-refractivity contribution in [1.82, 2.24) is 0 Å². The van der Waals surface area contributed by atoms with Crippen molar-refractivity contribution in [1.29, 1.82) is 0 Å². The normalized spacial score (nSPS) is 11.8. The van der Waals surface area contributed by atoms with Crippen LogP contribution < -0.4 is 5.32 Å². The van der Waals surface area contributed by atoms with Crippen LogP contribution in [0.5, 0.6) is 0 Å². The van der Waals surface area contributed by atoms with Gasteiger partial charge in [-0.25, -0.2) is 0 Å². The summed E-state index contributed by atoms with van der Waals surface area (Å²) in [4.78, 5) is 12.7.